The minimum absolute atomic E-state index is 0.105. The molecule has 0 saturated carbocycles. The van der Waals surface area contributed by atoms with Crippen molar-refractivity contribution in [3.8, 4) is 5.75 Å². The molecule has 0 aliphatic heterocycles. The van der Waals surface area contributed by atoms with Gasteiger partial charge in [-0.25, -0.2) is 0 Å². The number of nitrogens with two attached hydrogens (primary N) is 1. The van der Waals surface area contributed by atoms with Gasteiger partial charge in [-0.3, -0.25) is 4.79 Å². The summed E-state index contributed by atoms with van der Waals surface area (Å²) in [6, 6.07) is 9.41. The van der Waals surface area contributed by atoms with Crippen molar-refractivity contribution < 1.29 is 23.1 Å². The van der Waals surface area contributed by atoms with Crippen LogP contribution in [-0.4, -0.2) is 24.5 Å². The third-order valence-electron chi connectivity index (χ3n) is 2.81. The van der Waals surface area contributed by atoms with E-state index in [4.69, 9.17) is 10.6 Å². The largest absolute Gasteiger partial charge is 0.433 e. The number of ether oxygens (including phenoxy) is 1. The zero-order chi connectivity index (χ0) is 17.5. The molecule has 0 aliphatic carbocycles. The van der Waals surface area contributed by atoms with Crippen LogP contribution in [0.25, 0.3) is 0 Å². The highest BCUT2D eigenvalue weighted by Crippen LogP contribution is 2.25. The van der Waals surface area contributed by atoms with Gasteiger partial charge in [-0.1, -0.05) is 23.4 Å². The Hall–Kier alpha value is -2.68. The highest BCUT2D eigenvalue weighted by Gasteiger charge is 2.18. The highest BCUT2D eigenvalue weighted by molar-refractivity contribution is 7.12. The summed E-state index contributed by atoms with van der Waals surface area (Å²) < 4.78 is 29.0. The van der Waals surface area contributed by atoms with Gasteiger partial charge in [-0.2, -0.15) is 8.78 Å². The van der Waals surface area contributed by atoms with Gasteiger partial charge in [0.2, 0.25) is 6.10 Å². The SMILES string of the molecule is CC(O/N=C(\N)c1cccs1)C(=O)Nc1ccccc1OC(F)F. The molecule has 3 N–H and O–H groups in total. The van der Waals surface area contributed by atoms with Crippen LogP contribution in [0.15, 0.2) is 46.9 Å². The van der Waals surface area contributed by atoms with Crippen molar-refractivity contribution >= 4 is 28.8 Å². The summed E-state index contributed by atoms with van der Waals surface area (Å²) in [6.45, 7) is -1.54. The molecule has 1 amide bonds. The summed E-state index contributed by atoms with van der Waals surface area (Å²) in [7, 11) is 0. The van der Waals surface area contributed by atoms with Crippen LogP contribution in [0, 0.1) is 0 Å². The van der Waals surface area contributed by atoms with Gasteiger partial charge in [0.25, 0.3) is 5.91 Å². The second-order valence-corrected chi connectivity index (χ2v) is 5.51. The molecule has 2 aromatic rings. The zero-order valence-electron chi connectivity index (χ0n) is 12.6. The van der Waals surface area contributed by atoms with Crippen LogP contribution >= 0.6 is 11.3 Å². The molecule has 0 bridgehead atoms. The first-order valence-electron chi connectivity index (χ1n) is 6.85. The summed E-state index contributed by atoms with van der Waals surface area (Å²) in [5, 5.41) is 7.96. The molecule has 24 heavy (non-hydrogen) atoms. The Labute approximate surface area is 140 Å². The molecule has 1 aromatic heterocycles. The number of carbonyl (C=O) groups is 1. The first kappa shape index (κ1) is 17.7. The molecular weight excluding hydrogens is 340 g/mol. The summed E-state index contributed by atoms with van der Waals surface area (Å²) in [4.78, 5) is 17.8. The molecule has 1 atom stereocenters. The van der Waals surface area contributed by atoms with Crippen molar-refractivity contribution in [1.29, 1.82) is 0 Å². The van der Waals surface area contributed by atoms with Gasteiger partial charge in [0.05, 0.1) is 10.6 Å². The maximum Gasteiger partial charge on any atom is 0.387 e. The standard InChI is InChI=1S/C15H15F2N3O3S/c1-9(23-20-13(18)12-7-4-8-24-12)14(21)19-10-5-2-3-6-11(10)22-15(16)17/h2-9,15H,1H3,(H2,18,20)(H,19,21). The molecule has 0 saturated heterocycles. The third-order valence-corrected chi connectivity index (χ3v) is 3.71. The number of oxime groups is 1. The molecule has 1 unspecified atom stereocenters. The summed E-state index contributed by atoms with van der Waals surface area (Å²) >= 11 is 1.38. The number of halogens is 2. The summed E-state index contributed by atoms with van der Waals surface area (Å²) in [6.07, 6.45) is -0.983. The lowest BCUT2D eigenvalue weighted by Crippen LogP contribution is -2.27. The molecule has 1 aromatic carbocycles. The molecule has 6 nitrogen and oxygen atoms in total. The minimum Gasteiger partial charge on any atom is -0.433 e. The van der Waals surface area contributed by atoms with Gasteiger partial charge in [0, 0.05) is 0 Å². The van der Waals surface area contributed by atoms with Crippen LogP contribution in [0.1, 0.15) is 11.8 Å². The van der Waals surface area contributed by atoms with Gasteiger partial charge in [0.15, 0.2) is 5.84 Å². The van der Waals surface area contributed by atoms with Crippen molar-refractivity contribution in [2.24, 2.45) is 10.9 Å². The minimum atomic E-state index is -2.99. The number of amides is 1. The van der Waals surface area contributed by atoms with Crippen LogP contribution in [0.5, 0.6) is 5.75 Å². The van der Waals surface area contributed by atoms with E-state index >= 15 is 0 Å². The van der Waals surface area contributed by atoms with Crippen molar-refractivity contribution in [2.45, 2.75) is 19.6 Å². The predicted molar refractivity (Wildman–Crippen MR) is 87.3 cm³/mol. The van der Waals surface area contributed by atoms with E-state index in [1.807, 2.05) is 5.38 Å². The quantitative estimate of drug-likeness (QED) is 0.454. The summed E-state index contributed by atoms with van der Waals surface area (Å²) in [5.74, 6) is -0.580. The Kier molecular flexibility index (Phi) is 6.07. The van der Waals surface area contributed by atoms with Crippen molar-refractivity contribution in [3.63, 3.8) is 0 Å². The number of carbonyl (C=O) groups excluding carboxylic acids is 1. The zero-order valence-corrected chi connectivity index (χ0v) is 13.4. The number of nitrogens with zero attached hydrogens (tertiary/aromatic N) is 1. The fraction of sp³-hybridized carbons (Fsp3) is 0.200. The van der Waals surface area contributed by atoms with E-state index in [0.29, 0.717) is 4.88 Å². The first-order valence-corrected chi connectivity index (χ1v) is 7.73. The Morgan fingerprint density at radius 3 is 2.71 bits per heavy atom. The number of para-hydroxylation sites is 2. The Morgan fingerprint density at radius 1 is 1.29 bits per heavy atom. The third kappa shape index (κ3) is 4.92. The van der Waals surface area contributed by atoms with Crippen LogP contribution in [0.2, 0.25) is 0 Å². The van der Waals surface area contributed by atoms with Gasteiger partial charge in [-0.05, 0) is 30.5 Å². The Balaban J connectivity index is 1.98. The highest BCUT2D eigenvalue weighted by atomic mass is 32.1. The molecule has 9 heteroatoms. The van der Waals surface area contributed by atoms with E-state index in [9.17, 15) is 13.6 Å². The number of hydrogen-bond acceptors (Lipinski definition) is 5. The van der Waals surface area contributed by atoms with E-state index in [1.165, 1.54) is 36.5 Å². The average molecular weight is 355 g/mol. The number of rotatable bonds is 7. The predicted octanol–water partition coefficient (Wildman–Crippen LogP) is 3.01. The second-order valence-electron chi connectivity index (χ2n) is 4.57. The first-order chi connectivity index (χ1) is 11.5. The maximum absolute atomic E-state index is 12.4. The van der Waals surface area contributed by atoms with Crippen molar-refractivity contribution in [2.75, 3.05) is 5.32 Å². The topological polar surface area (TPSA) is 85.9 Å². The van der Waals surface area contributed by atoms with Gasteiger partial charge >= 0.3 is 6.61 Å². The van der Waals surface area contributed by atoms with E-state index < -0.39 is 18.6 Å². The number of thiophene rings is 1. The van der Waals surface area contributed by atoms with E-state index in [0.717, 1.165) is 0 Å². The van der Waals surface area contributed by atoms with Crippen molar-refractivity contribution in [3.05, 3.63) is 46.7 Å². The lowest BCUT2D eigenvalue weighted by molar-refractivity contribution is -0.126. The lowest BCUT2D eigenvalue weighted by atomic mass is 10.2. The van der Waals surface area contributed by atoms with Crippen molar-refractivity contribution in [1.82, 2.24) is 0 Å². The smallest absolute Gasteiger partial charge is 0.387 e. The number of hydrogen-bond donors (Lipinski definition) is 2. The fourth-order valence-electron chi connectivity index (χ4n) is 1.66. The van der Waals surface area contributed by atoms with Crippen LogP contribution < -0.4 is 15.8 Å². The number of nitrogens with one attached hydrogen (secondary N) is 1. The molecule has 0 aliphatic rings. The monoisotopic (exact) mass is 355 g/mol. The maximum atomic E-state index is 12.4. The molecule has 2 rings (SSSR count). The molecule has 128 valence electrons. The molecule has 1 heterocycles. The summed E-state index contributed by atoms with van der Waals surface area (Å²) in [5.41, 5.74) is 5.82. The number of benzene rings is 1. The normalized spacial score (nSPS) is 12.8. The number of alkyl halides is 2. The molecular formula is C15H15F2N3O3S. The lowest BCUT2D eigenvalue weighted by Gasteiger charge is -2.14. The Bertz CT molecular complexity index is 708. The van der Waals surface area contributed by atoms with E-state index in [2.05, 4.69) is 15.2 Å². The molecule has 0 fully saturated rings. The van der Waals surface area contributed by atoms with E-state index in [-0.39, 0.29) is 17.3 Å². The van der Waals surface area contributed by atoms with Gasteiger partial charge < -0.3 is 20.6 Å². The van der Waals surface area contributed by atoms with Gasteiger partial charge in [0.1, 0.15) is 5.75 Å². The van der Waals surface area contributed by atoms with Crippen LogP contribution in [-0.2, 0) is 9.63 Å². The number of amidine groups is 1. The average Bonchev–Trinajstić information content (AvgIpc) is 3.08. The van der Waals surface area contributed by atoms with Crippen LogP contribution in [0.4, 0.5) is 14.5 Å². The Morgan fingerprint density at radius 2 is 2.04 bits per heavy atom. The molecule has 0 radical (unpaired) electrons. The van der Waals surface area contributed by atoms with E-state index in [1.54, 1.807) is 18.2 Å². The van der Waals surface area contributed by atoms with Gasteiger partial charge in [-0.15, -0.1) is 11.3 Å². The van der Waals surface area contributed by atoms with Crippen LogP contribution in [0.3, 0.4) is 0 Å². The number of anilines is 1. The second kappa shape index (κ2) is 8.25. The fourth-order valence-corrected chi connectivity index (χ4v) is 2.27. The molecule has 0 spiro atoms.